The fourth-order valence-corrected chi connectivity index (χ4v) is 1.89. The van der Waals surface area contributed by atoms with Crippen LogP contribution in [0.25, 0.3) is 6.08 Å². The van der Waals surface area contributed by atoms with E-state index < -0.39 is 20.7 Å². The highest BCUT2D eigenvalue weighted by Crippen LogP contribution is 2.20. The first-order chi connectivity index (χ1) is 8.62. The van der Waals surface area contributed by atoms with Crippen molar-refractivity contribution in [3.63, 3.8) is 0 Å². The van der Waals surface area contributed by atoms with Gasteiger partial charge in [-0.25, -0.2) is 13.2 Å². The molecule has 19 heavy (non-hydrogen) atoms. The third-order valence-electron chi connectivity index (χ3n) is 2.39. The van der Waals surface area contributed by atoms with Crippen LogP contribution in [0.1, 0.15) is 26.3 Å². The summed E-state index contributed by atoms with van der Waals surface area (Å²) in [4.78, 5) is 10.4. The third kappa shape index (κ3) is 4.40. The fraction of sp³-hybridized carbons (Fsp3) is 0.308. The van der Waals surface area contributed by atoms with Crippen molar-refractivity contribution in [3.05, 3.63) is 35.9 Å². The van der Waals surface area contributed by atoms with Crippen LogP contribution >= 0.6 is 0 Å². The van der Waals surface area contributed by atoms with E-state index in [-0.39, 0.29) is 0 Å². The summed E-state index contributed by atoms with van der Waals surface area (Å²) in [5, 5.41) is 8.49. The van der Waals surface area contributed by atoms with Gasteiger partial charge in [-0.2, -0.15) is 0 Å². The Balaban J connectivity index is 2.87. The van der Waals surface area contributed by atoms with Gasteiger partial charge in [-0.3, -0.25) is 4.72 Å². The monoisotopic (exact) mass is 283 g/mol. The van der Waals surface area contributed by atoms with Crippen molar-refractivity contribution in [2.24, 2.45) is 0 Å². The Hall–Kier alpha value is -1.82. The lowest BCUT2D eigenvalue weighted by Crippen LogP contribution is -2.33. The van der Waals surface area contributed by atoms with Gasteiger partial charge in [0.05, 0.1) is 4.75 Å². The number of aliphatic carboxylic acids is 1. The summed E-state index contributed by atoms with van der Waals surface area (Å²) in [5.74, 6) is -1.03. The van der Waals surface area contributed by atoms with Crippen LogP contribution in [0.5, 0.6) is 0 Å². The molecule has 0 unspecified atom stereocenters. The molecule has 0 radical (unpaired) electrons. The summed E-state index contributed by atoms with van der Waals surface area (Å²) < 4.78 is 25.4. The minimum Gasteiger partial charge on any atom is -0.478 e. The molecule has 6 heteroatoms. The van der Waals surface area contributed by atoms with E-state index in [4.69, 9.17) is 5.11 Å². The van der Waals surface area contributed by atoms with Gasteiger partial charge >= 0.3 is 5.97 Å². The molecule has 1 rings (SSSR count). The average Bonchev–Trinajstić information content (AvgIpc) is 2.26. The first-order valence-corrected chi connectivity index (χ1v) is 7.13. The fourth-order valence-electron chi connectivity index (χ4n) is 1.14. The topological polar surface area (TPSA) is 83.5 Å². The summed E-state index contributed by atoms with van der Waals surface area (Å²) in [5.41, 5.74) is 1.13. The zero-order valence-corrected chi connectivity index (χ0v) is 11.9. The van der Waals surface area contributed by atoms with Crippen molar-refractivity contribution in [1.82, 2.24) is 0 Å². The number of benzene rings is 1. The van der Waals surface area contributed by atoms with Gasteiger partial charge in [0.2, 0.25) is 10.0 Å². The number of anilines is 1. The number of hydrogen-bond acceptors (Lipinski definition) is 3. The number of carboxylic acid groups (broad SMARTS) is 1. The lowest BCUT2D eigenvalue weighted by Gasteiger charge is -2.20. The Morgan fingerprint density at radius 1 is 1.21 bits per heavy atom. The van der Waals surface area contributed by atoms with E-state index in [2.05, 4.69) is 4.72 Å². The Labute approximate surface area is 113 Å². The van der Waals surface area contributed by atoms with Crippen molar-refractivity contribution in [1.29, 1.82) is 0 Å². The Morgan fingerprint density at radius 2 is 1.74 bits per heavy atom. The van der Waals surface area contributed by atoms with Crippen LogP contribution in [0.15, 0.2) is 30.3 Å². The molecule has 5 nitrogen and oxygen atoms in total. The van der Waals surface area contributed by atoms with Crippen molar-refractivity contribution in [2.45, 2.75) is 25.5 Å². The van der Waals surface area contributed by atoms with Crippen LogP contribution in [-0.4, -0.2) is 24.2 Å². The van der Waals surface area contributed by atoms with Gasteiger partial charge in [-0.1, -0.05) is 12.1 Å². The first-order valence-electron chi connectivity index (χ1n) is 5.65. The van der Waals surface area contributed by atoms with Crippen LogP contribution in [0.3, 0.4) is 0 Å². The van der Waals surface area contributed by atoms with Gasteiger partial charge in [0.1, 0.15) is 0 Å². The van der Waals surface area contributed by atoms with E-state index in [9.17, 15) is 13.2 Å². The normalized spacial score (nSPS) is 12.6. The average molecular weight is 283 g/mol. The minimum absolute atomic E-state index is 0.447. The number of carboxylic acids is 1. The highest BCUT2D eigenvalue weighted by atomic mass is 32.2. The van der Waals surface area contributed by atoms with Crippen LogP contribution < -0.4 is 4.72 Å². The molecule has 2 N–H and O–H groups in total. The summed E-state index contributed by atoms with van der Waals surface area (Å²) >= 11 is 0. The second kappa shape index (κ2) is 5.44. The van der Waals surface area contributed by atoms with E-state index in [0.717, 1.165) is 6.08 Å². The summed E-state index contributed by atoms with van der Waals surface area (Å²) in [6, 6.07) is 6.45. The van der Waals surface area contributed by atoms with Gasteiger partial charge in [0.15, 0.2) is 0 Å². The quantitative estimate of drug-likeness (QED) is 0.831. The predicted molar refractivity (Wildman–Crippen MR) is 75.4 cm³/mol. The number of rotatable bonds is 4. The maximum absolute atomic E-state index is 11.9. The molecule has 0 saturated carbocycles. The van der Waals surface area contributed by atoms with E-state index in [1.54, 1.807) is 45.0 Å². The second-order valence-electron chi connectivity index (χ2n) is 5.01. The maximum Gasteiger partial charge on any atom is 0.328 e. The molecule has 0 fully saturated rings. The second-order valence-corrected chi connectivity index (χ2v) is 7.45. The molecule has 0 atom stereocenters. The molecule has 0 aliphatic heterocycles. The standard InChI is InChI=1S/C13H17NO4S/c1-13(2,3)19(17,18)14-11-7-4-10(5-8-11)6-9-12(15)16/h4-9,14H,1-3H3,(H,15,16)/b9-6+. The molecule has 0 saturated heterocycles. The van der Waals surface area contributed by atoms with Gasteiger partial charge in [-0.05, 0) is 44.5 Å². The van der Waals surface area contributed by atoms with Gasteiger partial charge in [0.25, 0.3) is 0 Å². The zero-order valence-electron chi connectivity index (χ0n) is 11.0. The third-order valence-corrected chi connectivity index (χ3v) is 4.50. The maximum atomic E-state index is 11.9. The lowest BCUT2D eigenvalue weighted by atomic mass is 10.2. The van der Waals surface area contributed by atoms with E-state index >= 15 is 0 Å². The molecule has 0 aliphatic rings. The van der Waals surface area contributed by atoms with Gasteiger partial charge in [-0.15, -0.1) is 0 Å². The Morgan fingerprint density at radius 3 is 2.16 bits per heavy atom. The Kier molecular flexibility index (Phi) is 4.36. The molecule has 0 heterocycles. The molecule has 1 aromatic carbocycles. The van der Waals surface area contributed by atoms with Crippen molar-refractivity contribution >= 4 is 27.8 Å². The molecule has 104 valence electrons. The van der Waals surface area contributed by atoms with Crippen LogP contribution in [-0.2, 0) is 14.8 Å². The van der Waals surface area contributed by atoms with Crippen LogP contribution in [0, 0.1) is 0 Å². The Bertz CT molecular complexity index is 580. The molecule has 1 aromatic rings. The minimum atomic E-state index is -3.45. The number of sulfonamides is 1. The molecule has 0 spiro atoms. The van der Waals surface area contributed by atoms with E-state index in [1.807, 2.05) is 0 Å². The lowest BCUT2D eigenvalue weighted by molar-refractivity contribution is -0.131. The molecule has 0 aromatic heterocycles. The predicted octanol–water partition coefficient (Wildman–Crippen LogP) is 2.32. The number of nitrogens with one attached hydrogen (secondary N) is 1. The van der Waals surface area contributed by atoms with E-state index in [0.29, 0.717) is 11.3 Å². The SMILES string of the molecule is CC(C)(C)S(=O)(=O)Nc1ccc(/C=C/C(=O)O)cc1. The summed E-state index contributed by atoms with van der Waals surface area (Å²) in [7, 11) is -3.45. The largest absolute Gasteiger partial charge is 0.478 e. The summed E-state index contributed by atoms with van der Waals surface area (Å²) in [6.07, 6.45) is 2.46. The molecule has 0 aliphatic carbocycles. The molecular weight excluding hydrogens is 266 g/mol. The van der Waals surface area contributed by atoms with Gasteiger partial charge < -0.3 is 5.11 Å². The summed E-state index contributed by atoms with van der Waals surface area (Å²) in [6.45, 7) is 4.83. The number of hydrogen-bond donors (Lipinski definition) is 2. The zero-order chi connectivity index (χ0) is 14.7. The molecular formula is C13H17NO4S. The van der Waals surface area contributed by atoms with Crippen molar-refractivity contribution in [3.8, 4) is 0 Å². The number of carbonyl (C=O) groups is 1. The van der Waals surface area contributed by atoms with Crippen LogP contribution in [0.2, 0.25) is 0 Å². The highest BCUT2D eigenvalue weighted by molar-refractivity contribution is 7.94. The first kappa shape index (κ1) is 15.2. The van der Waals surface area contributed by atoms with Gasteiger partial charge in [0, 0.05) is 11.8 Å². The molecule has 0 amide bonds. The van der Waals surface area contributed by atoms with Crippen molar-refractivity contribution in [2.75, 3.05) is 4.72 Å². The smallest absolute Gasteiger partial charge is 0.328 e. The van der Waals surface area contributed by atoms with E-state index in [1.165, 1.54) is 6.08 Å². The van der Waals surface area contributed by atoms with Crippen molar-refractivity contribution < 1.29 is 18.3 Å². The highest BCUT2D eigenvalue weighted by Gasteiger charge is 2.28. The molecule has 0 bridgehead atoms. The van der Waals surface area contributed by atoms with Crippen LogP contribution in [0.4, 0.5) is 5.69 Å².